The molecule has 1 aliphatic heterocycles. The molecule has 7 nitrogen and oxygen atoms in total. The number of nitrogens with one attached hydrogen (secondary N) is 1. The summed E-state index contributed by atoms with van der Waals surface area (Å²) in [6.07, 6.45) is 2.99. The van der Waals surface area contributed by atoms with Gasteiger partial charge in [0.05, 0.1) is 13.4 Å². The van der Waals surface area contributed by atoms with Crippen LogP contribution in [-0.2, 0) is 4.79 Å². The number of carbonyl (C=O) groups excluding carboxylic acids is 2. The molecule has 2 aromatic rings. The molecule has 1 saturated heterocycles. The highest BCUT2D eigenvalue weighted by Gasteiger charge is 2.35. The van der Waals surface area contributed by atoms with Gasteiger partial charge >= 0.3 is 0 Å². The zero-order valence-corrected chi connectivity index (χ0v) is 13.0. The number of ether oxygens (including phenoxy) is 1. The van der Waals surface area contributed by atoms with Crippen LogP contribution in [0.2, 0.25) is 0 Å². The number of amides is 2. The molecule has 1 aromatic carbocycles. The lowest BCUT2D eigenvalue weighted by molar-refractivity contribution is -0.124. The molecule has 120 valence electrons. The number of nitrogens with zero attached hydrogens (tertiary/aromatic N) is 3. The highest BCUT2D eigenvalue weighted by molar-refractivity contribution is 6.02. The van der Waals surface area contributed by atoms with Crippen LogP contribution >= 0.6 is 0 Å². The fourth-order valence-corrected chi connectivity index (χ4v) is 2.69. The van der Waals surface area contributed by atoms with Gasteiger partial charge in [0.1, 0.15) is 17.5 Å². The molecule has 23 heavy (non-hydrogen) atoms. The van der Waals surface area contributed by atoms with E-state index in [-0.39, 0.29) is 11.8 Å². The van der Waals surface area contributed by atoms with Crippen LogP contribution in [0.3, 0.4) is 0 Å². The van der Waals surface area contributed by atoms with Crippen molar-refractivity contribution in [3.63, 3.8) is 0 Å². The number of benzene rings is 1. The average Bonchev–Trinajstić information content (AvgIpc) is 3.11. The first-order chi connectivity index (χ1) is 11.1. The van der Waals surface area contributed by atoms with Crippen molar-refractivity contribution in [1.29, 1.82) is 0 Å². The van der Waals surface area contributed by atoms with Gasteiger partial charge in [-0.15, -0.1) is 0 Å². The first kappa shape index (κ1) is 15.1. The van der Waals surface area contributed by atoms with Gasteiger partial charge in [-0.05, 0) is 31.2 Å². The van der Waals surface area contributed by atoms with Crippen LogP contribution in [0.25, 0.3) is 0 Å². The fourth-order valence-electron chi connectivity index (χ4n) is 2.69. The molecule has 0 radical (unpaired) electrons. The molecule has 7 heteroatoms. The number of piperazine rings is 1. The van der Waals surface area contributed by atoms with E-state index in [2.05, 4.69) is 9.97 Å². The first-order valence-corrected chi connectivity index (χ1v) is 7.37. The highest BCUT2D eigenvalue weighted by Crippen LogP contribution is 2.23. The molecule has 1 fully saturated rings. The summed E-state index contributed by atoms with van der Waals surface area (Å²) in [5.74, 6) is 0.397. The van der Waals surface area contributed by atoms with Crippen LogP contribution < -0.4 is 9.64 Å². The summed E-state index contributed by atoms with van der Waals surface area (Å²) in [5, 5.41) is 0. The third-order valence-electron chi connectivity index (χ3n) is 4.02. The summed E-state index contributed by atoms with van der Waals surface area (Å²) in [5.41, 5.74) is 1.12. The van der Waals surface area contributed by atoms with Crippen molar-refractivity contribution in [1.82, 2.24) is 14.9 Å². The zero-order valence-electron chi connectivity index (χ0n) is 13.0. The maximum absolute atomic E-state index is 12.6. The second-order valence-corrected chi connectivity index (χ2v) is 5.32. The van der Waals surface area contributed by atoms with E-state index in [4.69, 9.17) is 4.74 Å². The first-order valence-electron chi connectivity index (χ1n) is 7.37. The third-order valence-corrected chi connectivity index (χ3v) is 4.02. The number of carbonyl (C=O) groups is 2. The Kier molecular flexibility index (Phi) is 4.01. The summed E-state index contributed by atoms with van der Waals surface area (Å²) in [6, 6.07) is 6.78. The molecule has 0 aliphatic carbocycles. The van der Waals surface area contributed by atoms with Crippen molar-refractivity contribution in [3.8, 4) is 5.75 Å². The largest absolute Gasteiger partial charge is 0.497 e. The van der Waals surface area contributed by atoms with Crippen LogP contribution in [0.15, 0.2) is 36.8 Å². The number of hydrogen-bond donors (Lipinski definition) is 1. The Hall–Kier alpha value is -2.83. The van der Waals surface area contributed by atoms with E-state index in [1.165, 1.54) is 12.5 Å². The minimum Gasteiger partial charge on any atom is -0.497 e. The van der Waals surface area contributed by atoms with Crippen molar-refractivity contribution >= 4 is 17.5 Å². The van der Waals surface area contributed by atoms with Crippen LogP contribution in [0.4, 0.5) is 5.69 Å². The summed E-state index contributed by atoms with van der Waals surface area (Å²) >= 11 is 0. The Bertz CT molecular complexity index is 697. The van der Waals surface area contributed by atoms with Crippen molar-refractivity contribution in [2.45, 2.75) is 13.0 Å². The molecule has 1 aromatic heterocycles. The molecule has 3 rings (SSSR count). The average molecular weight is 314 g/mol. The lowest BCUT2D eigenvalue weighted by atomic mass is 10.1. The molecular weight excluding hydrogens is 296 g/mol. The van der Waals surface area contributed by atoms with E-state index in [0.29, 0.717) is 18.8 Å². The van der Waals surface area contributed by atoms with Crippen molar-refractivity contribution < 1.29 is 14.3 Å². The molecule has 2 heterocycles. The second-order valence-electron chi connectivity index (χ2n) is 5.32. The predicted octanol–water partition coefficient (Wildman–Crippen LogP) is 1.30. The van der Waals surface area contributed by atoms with Crippen LogP contribution in [0.5, 0.6) is 5.75 Å². The molecule has 0 spiro atoms. The molecule has 0 saturated carbocycles. The lowest BCUT2D eigenvalue weighted by Gasteiger charge is -2.38. The Morgan fingerprint density at radius 3 is 2.65 bits per heavy atom. The number of hydrogen-bond acceptors (Lipinski definition) is 4. The van der Waals surface area contributed by atoms with Crippen LogP contribution in [0.1, 0.15) is 17.4 Å². The van der Waals surface area contributed by atoms with Gasteiger partial charge in [0, 0.05) is 25.0 Å². The molecule has 1 atom stereocenters. The smallest absolute Gasteiger partial charge is 0.274 e. The van der Waals surface area contributed by atoms with Crippen LogP contribution in [0, 0.1) is 0 Å². The van der Waals surface area contributed by atoms with E-state index in [1.54, 1.807) is 23.8 Å². The highest BCUT2D eigenvalue weighted by atomic mass is 16.5. The Labute approximate surface area is 133 Å². The number of rotatable bonds is 3. The third kappa shape index (κ3) is 2.77. The predicted molar refractivity (Wildman–Crippen MR) is 84.4 cm³/mol. The summed E-state index contributed by atoms with van der Waals surface area (Å²) in [4.78, 5) is 35.0. The molecular formula is C16H18N4O3. The maximum Gasteiger partial charge on any atom is 0.274 e. The quantitative estimate of drug-likeness (QED) is 0.926. The minimum absolute atomic E-state index is 0.106. The second kappa shape index (κ2) is 6.12. The lowest BCUT2D eigenvalue weighted by Crippen LogP contribution is -2.57. The van der Waals surface area contributed by atoms with Gasteiger partial charge in [0.2, 0.25) is 5.91 Å². The van der Waals surface area contributed by atoms with E-state index in [9.17, 15) is 9.59 Å². The van der Waals surface area contributed by atoms with Gasteiger partial charge in [0.15, 0.2) is 0 Å². The Balaban J connectivity index is 1.76. The number of imidazole rings is 1. The topological polar surface area (TPSA) is 78.5 Å². The monoisotopic (exact) mass is 314 g/mol. The zero-order chi connectivity index (χ0) is 16.4. The minimum atomic E-state index is -0.532. The molecule has 2 amide bonds. The number of methoxy groups -OCH3 is 1. The molecule has 1 N–H and O–H groups in total. The molecule has 0 bridgehead atoms. The van der Waals surface area contributed by atoms with Gasteiger partial charge in [-0.2, -0.15) is 0 Å². The van der Waals surface area contributed by atoms with Crippen molar-refractivity contribution in [3.05, 3.63) is 42.5 Å². The van der Waals surface area contributed by atoms with Gasteiger partial charge in [-0.1, -0.05) is 0 Å². The van der Waals surface area contributed by atoms with Crippen molar-refractivity contribution in [2.75, 3.05) is 25.1 Å². The Morgan fingerprint density at radius 1 is 1.30 bits per heavy atom. The molecule has 1 aliphatic rings. The summed E-state index contributed by atoms with van der Waals surface area (Å²) < 4.78 is 5.13. The van der Waals surface area contributed by atoms with Crippen LogP contribution in [-0.4, -0.2) is 52.9 Å². The number of aromatic amines is 1. The van der Waals surface area contributed by atoms with E-state index in [0.717, 1.165) is 11.4 Å². The normalized spacial score (nSPS) is 18.2. The van der Waals surface area contributed by atoms with Gasteiger partial charge in [0.25, 0.3) is 5.91 Å². The fraction of sp³-hybridized carbons (Fsp3) is 0.312. The van der Waals surface area contributed by atoms with Gasteiger partial charge in [-0.3, -0.25) is 9.59 Å². The standard InChI is InChI=1S/C16H18N4O3/c1-11-15(21)20(12-3-5-13(23-2)6-4-12)8-7-19(11)16(22)14-9-17-10-18-14/h3-6,9-11H,7-8H2,1-2H3,(H,17,18). The van der Waals surface area contributed by atoms with E-state index < -0.39 is 6.04 Å². The van der Waals surface area contributed by atoms with E-state index >= 15 is 0 Å². The number of aromatic nitrogens is 2. The maximum atomic E-state index is 12.6. The van der Waals surface area contributed by atoms with Crippen molar-refractivity contribution in [2.24, 2.45) is 0 Å². The summed E-state index contributed by atoms with van der Waals surface area (Å²) in [6.45, 7) is 2.65. The number of H-pyrrole nitrogens is 1. The Morgan fingerprint density at radius 2 is 2.04 bits per heavy atom. The summed E-state index contributed by atoms with van der Waals surface area (Å²) in [7, 11) is 1.60. The SMILES string of the molecule is COc1ccc(N2CCN(C(=O)c3c[nH]cn3)C(C)C2=O)cc1. The molecule has 1 unspecified atom stereocenters. The van der Waals surface area contributed by atoms with Gasteiger partial charge < -0.3 is 19.5 Å². The number of anilines is 1. The van der Waals surface area contributed by atoms with E-state index in [1.807, 2.05) is 24.3 Å². The van der Waals surface area contributed by atoms with Gasteiger partial charge in [-0.25, -0.2) is 4.98 Å².